The van der Waals surface area contributed by atoms with E-state index in [1.54, 1.807) is 30.7 Å². The van der Waals surface area contributed by atoms with Gasteiger partial charge in [0.15, 0.2) is 0 Å². The number of hydrogen-bond acceptors (Lipinski definition) is 4. The molecule has 1 aliphatic heterocycles. The number of nitrogens with zero attached hydrogens (tertiary/aromatic N) is 1. The molecule has 1 heterocycles. The maximum absolute atomic E-state index is 13.3. The fraction of sp³-hybridized carbons (Fsp3) is 0.429. The zero-order chi connectivity index (χ0) is 19.4. The highest BCUT2D eigenvalue weighted by molar-refractivity contribution is 7.89. The predicted octanol–water partition coefficient (Wildman–Crippen LogP) is 4.18. The number of benzene rings is 2. The first kappa shape index (κ1) is 19.7. The lowest BCUT2D eigenvalue weighted by atomic mass is 10.0. The van der Waals surface area contributed by atoms with Crippen molar-refractivity contribution < 1.29 is 17.9 Å². The summed E-state index contributed by atoms with van der Waals surface area (Å²) in [7, 11) is -0.369. The van der Waals surface area contributed by atoms with Gasteiger partial charge in [-0.1, -0.05) is 25.5 Å². The molecule has 1 unspecified atom stereocenters. The van der Waals surface area contributed by atoms with Crippen LogP contribution >= 0.6 is 0 Å². The number of methoxy groups -OCH3 is 2. The van der Waals surface area contributed by atoms with E-state index in [2.05, 4.69) is 6.92 Å². The Labute approximate surface area is 162 Å². The molecule has 0 spiro atoms. The quantitative estimate of drug-likeness (QED) is 0.713. The summed E-state index contributed by atoms with van der Waals surface area (Å²) in [6, 6.07) is 12.5. The van der Waals surface area contributed by atoms with Gasteiger partial charge in [0, 0.05) is 12.1 Å². The SMILES string of the molecule is CCCc1ccc(S(=O)(=O)N2CCCC2c2cc(OC)ccc2OC)cc1. The number of aryl methyl sites for hydroxylation is 1. The van der Waals surface area contributed by atoms with E-state index in [9.17, 15) is 8.42 Å². The molecule has 0 amide bonds. The smallest absolute Gasteiger partial charge is 0.243 e. The highest BCUT2D eigenvalue weighted by Gasteiger charge is 2.37. The van der Waals surface area contributed by atoms with E-state index in [1.165, 1.54) is 0 Å². The van der Waals surface area contributed by atoms with Crippen LogP contribution in [0.25, 0.3) is 0 Å². The lowest BCUT2D eigenvalue weighted by Gasteiger charge is -2.26. The molecule has 27 heavy (non-hydrogen) atoms. The molecule has 2 aromatic rings. The second-order valence-electron chi connectivity index (χ2n) is 6.78. The molecule has 1 aliphatic rings. The fourth-order valence-corrected chi connectivity index (χ4v) is 5.36. The van der Waals surface area contributed by atoms with E-state index in [0.717, 1.165) is 36.8 Å². The Balaban J connectivity index is 1.96. The van der Waals surface area contributed by atoms with Crippen molar-refractivity contribution in [2.45, 2.75) is 43.5 Å². The van der Waals surface area contributed by atoms with Gasteiger partial charge in [-0.3, -0.25) is 0 Å². The third kappa shape index (κ3) is 3.96. The molecule has 1 saturated heterocycles. The predicted molar refractivity (Wildman–Crippen MR) is 106 cm³/mol. The topological polar surface area (TPSA) is 55.8 Å². The summed E-state index contributed by atoms with van der Waals surface area (Å²) < 4.78 is 39.0. The summed E-state index contributed by atoms with van der Waals surface area (Å²) >= 11 is 0. The molecule has 0 saturated carbocycles. The average Bonchev–Trinajstić information content (AvgIpc) is 3.19. The largest absolute Gasteiger partial charge is 0.497 e. The molecule has 1 fully saturated rings. The first-order chi connectivity index (χ1) is 13.0. The van der Waals surface area contributed by atoms with Gasteiger partial charge in [0.1, 0.15) is 11.5 Å². The molecule has 0 aliphatic carbocycles. The minimum atomic E-state index is -3.58. The molecule has 6 heteroatoms. The van der Waals surface area contributed by atoms with Gasteiger partial charge >= 0.3 is 0 Å². The van der Waals surface area contributed by atoms with Crippen molar-refractivity contribution in [1.29, 1.82) is 0 Å². The van der Waals surface area contributed by atoms with E-state index >= 15 is 0 Å². The molecule has 0 N–H and O–H groups in total. The lowest BCUT2D eigenvalue weighted by Crippen LogP contribution is -2.31. The molecule has 0 radical (unpaired) electrons. The minimum absolute atomic E-state index is 0.254. The second kappa shape index (κ2) is 8.31. The van der Waals surface area contributed by atoms with Crippen molar-refractivity contribution >= 4 is 10.0 Å². The van der Waals surface area contributed by atoms with Crippen molar-refractivity contribution in [3.8, 4) is 11.5 Å². The Morgan fingerprint density at radius 1 is 1.07 bits per heavy atom. The molecule has 1 atom stereocenters. The zero-order valence-corrected chi connectivity index (χ0v) is 17.0. The normalized spacial score (nSPS) is 17.8. The van der Waals surface area contributed by atoms with Gasteiger partial charge in [-0.05, 0) is 55.2 Å². The minimum Gasteiger partial charge on any atom is -0.497 e. The molecule has 5 nitrogen and oxygen atoms in total. The third-order valence-electron chi connectivity index (χ3n) is 5.07. The number of sulfonamides is 1. The number of rotatable bonds is 7. The van der Waals surface area contributed by atoms with Crippen LogP contribution < -0.4 is 9.47 Å². The van der Waals surface area contributed by atoms with Crippen LogP contribution in [-0.4, -0.2) is 33.5 Å². The molecule has 0 aromatic heterocycles. The molecule has 3 rings (SSSR count). The van der Waals surface area contributed by atoms with Crippen LogP contribution in [0.2, 0.25) is 0 Å². The van der Waals surface area contributed by atoms with Crippen LogP contribution in [0, 0.1) is 0 Å². The van der Waals surface area contributed by atoms with Crippen LogP contribution in [-0.2, 0) is 16.4 Å². The average molecular weight is 390 g/mol. The Hall–Kier alpha value is -2.05. The van der Waals surface area contributed by atoms with Gasteiger partial charge in [0.25, 0.3) is 0 Å². The van der Waals surface area contributed by atoms with Gasteiger partial charge in [-0.2, -0.15) is 4.31 Å². The summed E-state index contributed by atoms with van der Waals surface area (Å²) in [5, 5.41) is 0. The van der Waals surface area contributed by atoms with E-state index in [1.807, 2.05) is 30.3 Å². The van der Waals surface area contributed by atoms with Crippen LogP contribution in [0.4, 0.5) is 0 Å². The Morgan fingerprint density at radius 2 is 1.81 bits per heavy atom. The number of hydrogen-bond donors (Lipinski definition) is 0. The van der Waals surface area contributed by atoms with E-state index < -0.39 is 10.0 Å². The van der Waals surface area contributed by atoms with Crippen LogP contribution in [0.5, 0.6) is 11.5 Å². The van der Waals surface area contributed by atoms with Gasteiger partial charge in [0.2, 0.25) is 10.0 Å². The first-order valence-corrected chi connectivity index (χ1v) is 10.8. The van der Waals surface area contributed by atoms with Gasteiger partial charge < -0.3 is 9.47 Å². The molecule has 146 valence electrons. The van der Waals surface area contributed by atoms with E-state index in [0.29, 0.717) is 22.9 Å². The van der Waals surface area contributed by atoms with E-state index in [4.69, 9.17) is 9.47 Å². The summed E-state index contributed by atoms with van der Waals surface area (Å²) in [5.74, 6) is 1.38. The van der Waals surface area contributed by atoms with Crippen LogP contribution in [0.1, 0.15) is 43.4 Å². The molecule has 2 aromatic carbocycles. The van der Waals surface area contributed by atoms with Gasteiger partial charge in [0.05, 0.1) is 25.2 Å². The first-order valence-electron chi connectivity index (χ1n) is 9.34. The molecular formula is C21H27NO4S. The van der Waals surface area contributed by atoms with Crippen molar-refractivity contribution in [2.24, 2.45) is 0 Å². The van der Waals surface area contributed by atoms with E-state index in [-0.39, 0.29) is 6.04 Å². The van der Waals surface area contributed by atoms with Crippen molar-refractivity contribution in [1.82, 2.24) is 4.31 Å². The summed E-state index contributed by atoms with van der Waals surface area (Å²) in [4.78, 5) is 0.344. The van der Waals surface area contributed by atoms with Gasteiger partial charge in [-0.15, -0.1) is 0 Å². The van der Waals surface area contributed by atoms with Crippen LogP contribution in [0.15, 0.2) is 47.4 Å². The third-order valence-corrected chi connectivity index (χ3v) is 6.99. The Morgan fingerprint density at radius 3 is 2.44 bits per heavy atom. The highest BCUT2D eigenvalue weighted by atomic mass is 32.2. The lowest BCUT2D eigenvalue weighted by molar-refractivity contribution is 0.361. The van der Waals surface area contributed by atoms with Crippen molar-refractivity contribution in [3.05, 3.63) is 53.6 Å². The fourth-order valence-electron chi connectivity index (χ4n) is 3.69. The zero-order valence-electron chi connectivity index (χ0n) is 16.1. The monoisotopic (exact) mass is 389 g/mol. The highest BCUT2D eigenvalue weighted by Crippen LogP contribution is 2.41. The standard InChI is InChI=1S/C21H27NO4S/c1-4-6-16-8-11-18(12-9-16)27(23,24)22-14-5-7-20(22)19-15-17(25-2)10-13-21(19)26-3/h8-13,15,20H,4-7,14H2,1-3H3. The van der Waals surface area contributed by atoms with Crippen LogP contribution in [0.3, 0.4) is 0 Å². The number of ether oxygens (including phenoxy) is 2. The second-order valence-corrected chi connectivity index (χ2v) is 8.67. The molecule has 0 bridgehead atoms. The Kier molecular flexibility index (Phi) is 6.07. The summed E-state index contributed by atoms with van der Waals surface area (Å²) in [5.41, 5.74) is 2.00. The molecular weight excluding hydrogens is 362 g/mol. The maximum atomic E-state index is 13.3. The summed E-state index contributed by atoms with van der Waals surface area (Å²) in [6.07, 6.45) is 3.57. The van der Waals surface area contributed by atoms with Crippen molar-refractivity contribution in [2.75, 3.05) is 20.8 Å². The maximum Gasteiger partial charge on any atom is 0.243 e. The Bertz CT molecular complexity index is 878. The van der Waals surface area contributed by atoms with Gasteiger partial charge in [-0.25, -0.2) is 8.42 Å². The summed E-state index contributed by atoms with van der Waals surface area (Å²) in [6.45, 7) is 2.62. The van der Waals surface area contributed by atoms with Crippen molar-refractivity contribution in [3.63, 3.8) is 0 Å².